The summed E-state index contributed by atoms with van der Waals surface area (Å²) in [5.41, 5.74) is -0.242. The molecule has 1 aromatic carbocycles. The molecule has 0 spiro atoms. The Hall–Kier alpha value is -2.30. The van der Waals surface area contributed by atoms with Gasteiger partial charge < -0.3 is 15.3 Å². The Morgan fingerprint density at radius 1 is 1.06 bits per heavy atom. The molecule has 16 heavy (non-hydrogen) atoms. The number of aromatic hydroxyl groups is 2. The van der Waals surface area contributed by atoms with Gasteiger partial charge in [-0.15, -0.1) is 0 Å². The number of rotatable bonds is 0. The molecule has 0 unspecified atom stereocenters. The van der Waals surface area contributed by atoms with E-state index in [1.165, 1.54) is 6.92 Å². The molecule has 5 heteroatoms. The first kappa shape index (κ1) is 10.2. The molecule has 82 valence electrons. The predicted octanol–water partition coefficient (Wildman–Crippen LogP) is 1.07. The van der Waals surface area contributed by atoms with Gasteiger partial charge in [-0.3, -0.25) is 9.59 Å². The summed E-state index contributed by atoms with van der Waals surface area (Å²) < 4.78 is 0. The zero-order valence-corrected chi connectivity index (χ0v) is 8.31. The summed E-state index contributed by atoms with van der Waals surface area (Å²) in [6.45, 7) is 1.50. The molecule has 0 aromatic heterocycles. The van der Waals surface area contributed by atoms with Crippen LogP contribution < -0.4 is 0 Å². The molecule has 1 aliphatic rings. The molecular formula is C11H8O5. The van der Waals surface area contributed by atoms with Gasteiger partial charge in [0.25, 0.3) is 0 Å². The average molecular weight is 220 g/mol. The molecule has 1 aromatic rings. The van der Waals surface area contributed by atoms with E-state index < -0.39 is 23.1 Å². The normalized spacial score (nSPS) is 14.7. The standard InChI is InChI=1S/C11H8O5/c1-4-2-5(12)9-8(10(4)15)6(13)3-7(14)11(9)16/h2-3,12-13,15H,1H3. The third-order valence-corrected chi connectivity index (χ3v) is 2.44. The SMILES string of the molecule is Cc1cc(O)c2c(c1O)C(O)=CC(=O)C2=O. The van der Waals surface area contributed by atoms with Crippen molar-refractivity contribution in [3.05, 3.63) is 28.8 Å². The lowest BCUT2D eigenvalue weighted by Gasteiger charge is -2.16. The van der Waals surface area contributed by atoms with Gasteiger partial charge in [-0.05, 0) is 18.6 Å². The summed E-state index contributed by atoms with van der Waals surface area (Å²) >= 11 is 0. The van der Waals surface area contributed by atoms with Crippen molar-refractivity contribution in [3.8, 4) is 11.5 Å². The maximum absolute atomic E-state index is 11.5. The molecular weight excluding hydrogens is 212 g/mol. The molecule has 0 fully saturated rings. The van der Waals surface area contributed by atoms with Crippen molar-refractivity contribution in [2.75, 3.05) is 0 Å². The third-order valence-electron chi connectivity index (χ3n) is 2.44. The van der Waals surface area contributed by atoms with Crippen LogP contribution in [0.15, 0.2) is 12.1 Å². The van der Waals surface area contributed by atoms with Crippen LogP contribution >= 0.6 is 0 Å². The van der Waals surface area contributed by atoms with Gasteiger partial charge in [0.2, 0.25) is 11.6 Å². The van der Waals surface area contributed by atoms with Crippen molar-refractivity contribution in [3.63, 3.8) is 0 Å². The van der Waals surface area contributed by atoms with Crippen molar-refractivity contribution in [1.82, 2.24) is 0 Å². The minimum absolute atomic E-state index is 0.192. The first-order chi connectivity index (χ1) is 7.43. The lowest BCUT2D eigenvalue weighted by molar-refractivity contribution is -0.111. The molecule has 0 radical (unpaired) electrons. The number of aliphatic hydroxyl groups is 1. The second-order valence-electron chi connectivity index (χ2n) is 3.53. The number of phenolic OH excluding ortho intramolecular Hbond substituents is 2. The molecule has 0 amide bonds. The molecule has 2 rings (SSSR count). The number of ketones is 2. The second kappa shape index (κ2) is 3.10. The number of allylic oxidation sites excluding steroid dienone is 1. The highest BCUT2D eigenvalue weighted by Crippen LogP contribution is 2.38. The van der Waals surface area contributed by atoms with Gasteiger partial charge in [-0.1, -0.05) is 0 Å². The minimum Gasteiger partial charge on any atom is -0.507 e. The number of Topliss-reactive ketones (excluding diaryl/α,β-unsaturated/α-hetero) is 1. The second-order valence-corrected chi connectivity index (χ2v) is 3.53. The van der Waals surface area contributed by atoms with Crippen LogP contribution in [-0.2, 0) is 4.79 Å². The quantitative estimate of drug-likeness (QED) is 0.449. The number of aliphatic hydroxyl groups excluding tert-OH is 1. The first-order valence-electron chi connectivity index (χ1n) is 4.48. The van der Waals surface area contributed by atoms with Crippen LogP contribution in [0.25, 0.3) is 5.76 Å². The molecule has 1 aliphatic carbocycles. The van der Waals surface area contributed by atoms with Crippen molar-refractivity contribution in [1.29, 1.82) is 0 Å². The van der Waals surface area contributed by atoms with Gasteiger partial charge in [-0.2, -0.15) is 0 Å². The number of carbonyl (C=O) groups is 2. The van der Waals surface area contributed by atoms with Crippen molar-refractivity contribution < 1.29 is 24.9 Å². The fourth-order valence-corrected chi connectivity index (χ4v) is 1.65. The number of hydrogen-bond acceptors (Lipinski definition) is 5. The fourth-order valence-electron chi connectivity index (χ4n) is 1.65. The van der Waals surface area contributed by atoms with Gasteiger partial charge in [0.05, 0.1) is 11.1 Å². The van der Waals surface area contributed by atoms with Crippen LogP contribution in [0.4, 0.5) is 0 Å². The molecule has 5 nitrogen and oxygen atoms in total. The van der Waals surface area contributed by atoms with E-state index in [0.717, 1.165) is 12.1 Å². The monoisotopic (exact) mass is 220 g/mol. The summed E-state index contributed by atoms with van der Waals surface area (Å²) in [4.78, 5) is 22.6. The van der Waals surface area contributed by atoms with Crippen LogP contribution in [0.3, 0.4) is 0 Å². The number of carbonyl (C=O) groups excluding carboxylic acids is 2. The van der Waals surface area contributed by atoms with Gasteiger partial charge >= 0.3 is 0 Å². The lowest BCUT2D eigenvalue weighted by Crippen LogP contribution is -2.19. The summed E-state index contributed by atoms with van der Waals surface area (Å²) in [5.74, 6) is -3.13. The van der Waals surface area contributed by atoms with Crippen molar-refractivity contribution >= 4 is 17.3 Å². The van der Waals surface area contributed by atoms with Crippen LogP contribution in [0.2, 0.25) is 0 Å². The Bertz CT molecular complexity index is 554. The predicted molar refractivity (Wildman–Crippen MR) is 54.5 cm³/mol. The van der Waals surface area contributed by atoms with Crippen molar-refractivity contribution in [2.24, 2.45) is 0 Å². The lowest BCUT2D eigenvalue weighted by atomic mass is 9.90. The molecule has 0 heterocycles. The third kappa shape index (κ3) is 1.18. The Morgan fingerprint density at radius 2 is 1.69 bits per heavy atom. The van der Waals surface area contributed by atoms with E-state index in [1.54, 1.807) is 0 Å². The minimum atomic E-state index is -0.944. The van der Waals surface area contributed by atoms with E-state index >= 15 is 0 Å². The maximum atomic E-state index is 11.5. The van der Waals surface area contributed by atoms with E-state index in [2.05, 4.69) is 0 Å². The average Bonchev–Trinajstić information content (AvgIpc) is 2.20. The van der Waals surface area contributed by atoms with E-state index in [0.29, 0.717) is 5.56 Å². The summed E-state index contributed by atoms with van der Waals surface area (Å²) in [5, 5.41) is 28.7. The van der Waals surface area contributed by atoms with Gasteiger partial charge in [-0.25, -0.2) is 0 Å². The van der Waals surface area contributed by atoms with Crippen molar-refractivity contribution in [2.45, 2.75) is 6.92 Å². The van der Waals surface area contributed by atoms with Crippen LogP contribution in [0, 0.1) is 6.92 Å². The Balaban J connectivity index is 2.90. The molecule has 0 atom stereocenters. The van der Waals surface area contributed by atoms with Gasteiger partial charge in [0, 0.05) is 6.08 Å². The molecule has 0 aliphatic heterocycles. The number of phenols is 2. The Labute approximate surface area is 90.3 Å². The fraction of sp³-hybridized carbons (Fsp3) is 0.0909. The smallest absolute Gasteiger partial charge is 0.237 e. The van der Waals surface area contributed by atoms with Gasteiger partial charge in [0.15, 0.2) is 0 Å². The largest absolute Gasteiger partial charge is 0.507 e. The van der Waals surface area contributed by atoms with Crippen LogP contribution in [0.1, 0.15) is 21.5 Å². The summed E-state index contributed by atoms with van der Waals surface area (Å²) in [6.07, 6.45) is 0.725. The number of fused-ring (bicyclic) bond motifs is 1. The zero-order chi connectivity index (χ0) is 12.0. The summed E-state index contributed by atoms with van der Waals surface area (Å²) in [6, 6.07) is 1.16. The zero-order valence-electron chi connectivity index (χ0n) is 8.31. The van der Waals surface area contributed by atoms with Gasteiger partial charge in [0.1, 0.15) is 17.3 Å². The highest BCUT2D eigenvalue weighted by atomic mass is 16.3. The number of aryl methyl sites for hydroxylation is 1. The van der Waals surface area contributed by atoms with E-state index in [9.17, 15) is 24.9 Å². The number of hydrogen-bond donors (Lipinski definition) is 3. The maximum Gasteiger partial charge on any atom is 0.237 e. The molecule has 0 saturated heterocycles. The van der Waals surface area contributed by atoms with E-state index in [1.807, 2.05) is 0 Å². The highest BCUT2D eigenvalue weighted by Gasteiger charge is 2.31. The molecule has 0 bridgehead atoms. The van der Waals surface area contributed by atoms with Crippen LogP contribution in [0.5, 0.6) is 11.5 Å². The summed E-state index contributed by atoms with van der Waals surface area (Å²) in [7, 11) is 0. The van der Waals surface area contributed by atoms with E-state index in [4.69, 9.17) is 0 Å². The highest BCUT2D eigenvalue weighted by molar-refractivity contribution is 6.51. The first-order valence-corrected chi connectivity index (χ1v) is 4.48. The molecule has 0 saturated carbocycles. The van der Waals surface area contributed by atoms with E-state index in [-0.39, 0.29) is 16.9 Å². The van der Waals surface area contributed by atoms with Crippen LogP contribution in [-0.4, -0.2) is 26.9 Å². The topological polar surface area (TPSA) is 94.8 Å². The molecule has 3 N–H and O–H groups in total. The Kier molecular flexibility index (Phi) is 1.98. The number of benzene rings is 1. The Morgan fingerprint density at radius 3 is 2.31 bits per heavy atom.